The van der Waals surface area contributed by atoms with Gasteiger partial charge in [-0.05, 0) is 103 Å². The van der Waals surface area contributed by atoms with Gasteiger partial charge in [0, 0.05) is 19.3 Å². The summed E-state index contributed by atoms with van der Waals surface area (Å²) in [6.45, 7) is 6.39. The van der Waals surface area contributed by atoms with Crippen LogP contribution >= 0.6 is 0 Å². The molecule has 428 valence electrons. The molecule has 6 nitrogen and oxygen atoms in total. The van der Waals surface area contributed by atoms with E-state index in [1.54, 1.807) is 0 Å². The standard InChI is InChI=1S/C69H116O6/c1-4-7-10-13-15-17-19-21-23-25-27-29-31-32-33-34-35-36-38-39-41-43-45-47-49-51-53-56-59-62-68(71)74-65-66(64-73-67(70)61-58-55-12-9-6-3)75-69(72)63-60-57-54-52-50-48-46-44-42-40-37-30-28-26-24-22-20-18-16-14-11-8-5-2/h8,11,16,18-19,21-22,24-25,27-28,30,40,42,46,48,52,54,66H,4-7,9-10,12-15,17,20,23,26,29,31-39,41,43-45,47,49-51,53,55-65H2,1-3H3/b11-8-,18-16-,21-19-,24-22-,27-25-,30-28-,42-40-,48-46-,54-52-. The predicted octanol–water partition coefficient (Wildman–Crippen LogP) is 21.4. The third-order valence-electron chi connectivity index (χ3n) is 13.3. The van der Waals surface area contributed by atoms with Gasteiger partial charge in [-0.3, -0.25) is 14.4 Å². The molecule has 0 N–H and O–H groups in total. The first-order valence-corrected chi connectivity index (χ1v) is 31.4. The molecule has 0 bridgehead atoms. The van der Waals surface area contributed by atoms with E-state index < -0.39 is 6.10 Å². The van der Waals surface area contributed by atoms with Gasteiger partial charge in [0.05, 0.1) is 0 Å². The Morgan fingerprint density at radius 1 is 0.280 bits per heavy atom. The topological polar surface area (TPSA) is 78.9 Å². The average Bonchev–Trinajstić information content (AvgIpc) is 3.41. The van der Waals surface area contributed by atoms with E-state index in [0.29, 0.717) is 19.3 Å². The monoisotopic (exact) mass is 1040 g/mol. The van der Waals surface area contributed by atoms with Crippen LogP contribution < -0.4 is 0 Å². The Labute approximate surface area is 463 Å². The van der Waals surface area contributed by atoms with Gasteiger partial charge in [-0.2, -0.15) is 0 Å². The number of rotatable bonds is 56. The van der Waals surface area contributed by atoms with Crippen LogP contribution in [-0.2, 0) is 28.6 Å². The van der Waals surface area contributed by atoms with Crippen LogP contribution in [0.25, 0.3) is 0 Å². The van der Waals surface area contributed by atoms with Gasteiger partial charge in [0.2, 0.25) is 0 Å². The molecule has 0 aromatic rings. The van der Waals surface area contributed by atoms with Gasteiger partial charge in [-0.25, -0.2) is 0 Å². The summed E-state index contributed by atoms with van der Waals surface area (Å²) < 4.78 is 16.7. The number of carbonyl (C=O) groups is 3. The Morgan fingerprint density at radius 3 is 0.853 bits per heavy atom. The number of carbonyl (C=O) groups excluding carboxylic acids is 3. The van der Waals surface area contributed by atoms with E-state index in [-0.39, 0.29) is 37.5 Å². The van der Waals surface area contributed by atoms with Crippen molar-refractivity contribution < 1.29 is 28.6 Å². The molecule has 1 atom stereocenters. The number of hydrogen-bond donors (Lipinski definition) is 0. The minimum absolute atomic E-state index is 0.101. The smallest absolute Gasteiger partial charge is 0.306 e. The fourth-order valence-corrected chi connectivity index (χ4v) is 8.58. The molecule has 0 amide bonds. The second-order valence-electron chi connectivity index (χ2n) is 20.6. The summed E-state index contributed by atoms with van der Waals surface area (Å²) in [4.78, 5) is 37.9. The lowest BCUT2D eigenvalue weighted by molar-refractivity contribution is -0.167. The molecule has 0 aromatic heterocycles. The Balaban J connectivity index is 4.11. The molecule has 0 rings (SSSR count). The molecule has 0 saturated carbocycles. The first kappa shape index (κ1) is 71.1. The van der Waals surface area contributed by atoms with E-state index in [1.807, 2.05) is 0 Å². The molecule has 0 aliphatic heterocycles. The summed E-state index contributed by atoms with van der Waals surface area (Å²) in [5.74, 6) is -0.972. The Bertz CT molecular complexity index is 1520. The predicted molar refractivity (Wildman–Crippen MR) is 325 cm³/mol. The number of ether oxygens (including phenoxy) is 3. The normalized spacial score (nSPS) is 12.8. The molecule has 0 spiro atoms. The lowest BCUT2D eigenvalue weighted by Gasteiger charge is -2.18. The molecule has 75 heavy (non-hydrogen) atoms. The molecule has 0 aromatic carbocycles. The van der Waals surface area contributed by atoms with Crippen LogP contribution in [-0.4, -0.2) is 37.2 Å². The van der Waals surface area contributed by atoms with Gasteiger partial charge in [-0.1, -0.05) is 278 Å². The molecule has 0 heterocycles. The number of allylic oxidation sites excluding steroid dienone is 18. The molecule has 0 aliphatic carbocycles. The molecule has 0 fully saturated rings. The highest BCUT2D eigenvalue weighted by Crippen LogP contribution is 2.16. The van der Waals surface area contributed by atoms with E-state index in [0.717, 1.165) is 109 Å². The van der Waals surface area contributed by atoms with E-state index in [2.05, 4.69) is 130 Å². The second kappa shape index (κ2) is 62.6. The highest BCUT2D eigenvalue weighted by Gasteiger charge is 2.19. The fraction of sp³-hybridized carbons (Fsp3) is 0.696. The summed E-state index contributed by atoms with van der Waals surface area (Å²) >= 11 is 0. The van der Waals surface area contributed by atoms with Crippen molar-refractivity contribution in [3.63, 3.8) is 0 Å². The van der Waals surface area contributed by atoms with Crippen LogP contribution in [0.1, 0.15) is 290 Å². The quantitative estimate of drug-likeness (QED) is 0.0261. The van der Waals surface area contributed by atoms with E-state index >= 15 is 0 Å². The summed E-state index contributed by atoms with van der Waals surface area (Å²) in [6, 6.07) is 0. The van der Waals surface area contributed by atoms with Crippen LogP contribution in [0.2, 0.25) is 0 Å². The Morgan fingerprint density at radius 2 is 0.533 bits per heavy atom. The Kier molecular flexibility index (Phi) is 59.3. The summed E-state index contributed by atoms with van der Waals surface area (Å²) in [5.41, 5.74) is 0. The van der Waals surface area contributed by atoms with E-state index in [1.165, 1.54) is 135 Å². The minimum atomic E-state index is -0.806. The molecule has 0 aliphatic rings. The largest absolute Gasteiger partial charge is 0.462 e. The summed E-state index contributed by atoms with van der Waals surface area (Å²) in [7, 11) is 0. The average molecular weight is 1040 g/mol. The van der Waals surface area contributed by atoms with Crippen molar-refractivity contribution in [1.29, 1.82) is 0 Å². The van der Waals surface area contributed by atoms with Gasteiger partial charge >= 0.3 is 17.9 Å². The molecule has 6 heteroatoms. The molecule has 1 unspecified atom stereocenters. The molecular weight excluding hydrogens is 925 g/mol. The van der Waals surface area contributed by atoms with E-state index in [9.17, 15) is 14.4 Å². The first-order valence-electron chi connectivity index (χ1n) is 31.4. The molecular formula is C69H116O6. The second-order valence-corrected chi connectivity index (χ2v) is 20.6. The highest BCUT2D eigenvalue weighted by molar-refractivity contribution is 5.71. The van der Waals surface area contributed by atoms with Crippen molar-refractivity contribution >= 4 is 17.9 Å². The van der Waals surface area contributed by atoms with Crippen molar-refractivity contribution in [3.8, 4) is 0 Å². The number of unbranched alkanes of at least 4 members (excludes halogenated alkanes) is 27. The molecule has 0 saturated heterocycles. The maximum Gasteiger partial charge on any atom is 0.306 e. The van der Waals surface area contributed by atoms with Crippen molar-refractivity contribution in [2.45, 2.75) is 297 Å². The van der Waals surface area contributed by atoms with Gasteiger partial charge in [0.15, 0.2) is 6.10 Å². The summed E-state index contributed by atoms with van der Waals surface area (Å²) in [5, 5.41) is 0. The fourth-order valence-electron chi connectivity index (χ4n) is 8.58. The third-order valence-corrected chi connectivity index (χ3v) is 13.3. The maximum absolute atomic E-state index is 12.8. The maximum atomic E-state index is 12.8. The van der Waals surface area contributed by atoms with Crippen LogP contribution in [0.4, 0.5) is 0 Å². The lowest BCUT2D eigenvalue weighted by Crippen LogP contribution is -2.30. The van der Waals surface area contributed by atoms with Gasteiger partial charge in [-0.15, -0.1) is 0 Å². The van der Waals surface area contributed by atoms with Crippen LogP contribution in [0, 0.1) is 0 Å². The first-order chi connectivity index (χ1) is 37.0. The van der Waals surface area contributed by atoms with Gasteiger partial charge in [0.1, 0.15) is 13.2 Å². The SMILES string of the molecule is CC/C=C\C/C=C\C/C=C\C/C=C\C/C=C\C/C=C\C/C=C\CCCC(=O)OC(COC(=O)CCCCCCC)COC(=O)CCCCCCCCCCCCCCCCCCC/C=C\C/C=C\CCCCCCC. The van der Waals surface area contributed by atoms with E-state index in [4.69, 9.17) is 14.2 Å². The van der Waals surface area contributed by atoms with Crippen LogP contribution in [0.15, 0.2) is 109 Å². The zero-order chi connectivity index (χ0) is 54.3. The van der Waals surface area contributed by atoms with Crippen molar-refractivity contribution in [1.82, 2.24) is 0 Å². The zero-order valence-electron chi connectivity index (χ0n) is 49.0. The number of esters is 3. The Hall–Kier alpha value is -3.93. The zero-order valence-corrected chi connectivity index (χ0v) is 49.0. The highest BCUT2D eigenvalue weighted by atomic mass is 16.6. The summed E-state index contributed by atoms with van der Waals surface area (Å²) in [6.07, 6.45) is 85.9. The number of hydrogen-bond acceptors (Lipinski definition) is 6. The van der Waals surface area contributed by atoms with Crippen molar-refractivity contribution in [3.05, 3.63) is 109 Å². The van der Waals surface area contributed by atoms with Crippen LogP contribution in [0.5, 0.6) is 0 Å². The molecule has 0 radical (unpaired) electrons. The lowest BCUT2D eigenvalue weighted by atomic mass is 10.0. The van der Waals surface area contributed by atoms with Crippen molar-refractivity contribution in [2.75, 3.05) is 13.2 Å². The van der Waals surface area contributed by atoms with Crippen LogP contribution in [0.3, 0.4) is 0 Å². The minimum Gasteiger partial charge on any atom is -0.462 e. The van der Waals surface area contributed by atoms with Gasteiger partial charge < -0.3 is 14.2 Å². The van der Waals surface area contributed by atoms with Crippen molar-refractivity contribution in [2.24, 2.45) is 0 Å². The third kappa shape index (κ3) is 60.8. The van der Waals surface area contributed by atoms with Gasteiger partial charge in [0.25, 0.3) is 0 Å².